The van der Waals surface area contributed by atoms with Crippen molar-refractivity contribution in [3.63, 3.8) is 0 Å². The van der Waals surface area contributed by atoms with E-state index in [1.54, 1.807) is 18.7 Å². The van der Waals surface area contributed by atoms with Crippen molar-refractivity contribution >= 4 is 17.4 Å². The standard InChI is InChI=1S/C18H25N3O2S/c1-13-11-24-16(19-13)14(2)20-17(22)21(12-18(3,4)23)10-15-8-6-5-7-9-15/h5-9,11,14,23H,10,12H2,1-4H3,(H,20,22)/t14-/m1/s1. The Labute approximate surface area is 147 Å². The number of thiazole rings is 1. The average molecular weight is 347 g/mol. The highest BCUT2D eigenvalue weighted by Crippen LogP contribution is 2.18. The molecule has 0 aliphatic carbocycles. The highest BCUT2D eigenvalue weighted by atomic mass is 32.1. The van der Waals surface area contributed by atoms with Crippen LogP contribution in [0.2, 0.25) is 0 Å². The summed E-state index contributed by atoms with van der Waals surface area (Å²) in [6.45, 7) is 7.95. The van der Waals surface area contributed by atoms with Gasteiger partial charge in [0.1, 0.15) is 5.01 Å². The molecule has 2 aromatic rings. The molecule has 0 spiro atoms. The molecular formula is C18H25N3O2S. The van der Waals surface area contributed by atoms with Crippen molar-refractivity contribution in [1.82, 2.24) is 15.2 Å². The minimum Gasteiger partial charge on any atom is -0.389 e. The molecule has 5 nitrogen and oxygen atoms in total. The highest BCUT2D eigenvalue weighted by Gasteiger charge is 2.24. The summed E-state index contributed by atoms with van der Waals surface area (Å²) in [6, 6.07) is 9.39. The summed E-state index contributed by atoms with van der Waals surface area (Å²) in [4.78, 5) is 18.7. The first-order chi connectivity index (χ1) is 11.2. The van der Waals surface area contributed by atoms with E-state index in [0.29, 0.717) is 6.54 Å². The lowest BCUT2D eigenvalue weighted by Crippen LogP contribution is -2.47. The van der Waals surface area contributed by atoms with Gasteiger partial charge in [0.2, 0.25) is 0 Å². The first kappa shape index (κ1) is 18.4. The fourth-order valence-electron chi connectivity index (χ4n) is 2.38. The quantitative estimate of drug-likeness (QED) is 0.840. The number of hydrogen-bond donors (Lipinski definition) is 2. The average Bonchev–Trinajstić information content (AvgIpc) is 2.93. The summed E-state index contributed by atoms with van der Waals surface area (Å²) in [5, 5.41) is 16.0. The normalized spacial score (nSPS) is 12.7. The van der Waals surface area contributed by atoms with Crippen molar-refractivity contribution in [3.05, 3.63) is 52.0 Å². The summed E-state index contributed by atoms with van der Waals surface area (Å²) < 4.78 is 0. The van der Waals surface area contributed by atoms with E-state index < -0.39 is 5.60 Å². The van der Waals surface area contributed by atoms with E-state index in [0.717, 1.165) is 16.3 Å². The number of benzene rings is 1. The van der Waals surface area contributed by atoms with E-state index in [1.165, 1.54) is 11.3 Å². The second-order valence-electron chi connectivity index (χ2n) is 6.65. The second kappa shape index (κ2) is 7.77. The maximum absolute atomic E-state index is 12.7. The number of hydrogen-bond acceptors (Lipinski definition) is 4. The van der Waals surface area contributed by atoms with Gasteiger partial charge in [-0.1, -0.05) is 30.3 Å². The van der Waals surface area contributed by atoms with Gasteiger partial charge in [0, 0.05) is 17.6 Å². The third-order valence-electron chi connectivity index (χ3n) is 3.43. The lowest BCUT2D eigenvalue weighted by Gasteiger charge is -2.30. The van der Waals surface area contributed by atoms with Crippen LogP contribution in [-0.4, -0.2) is 33.2 Å². The molecule has 0 fully saturated rings. The molecule has 0 saturated heterocycles. The van der Waals surface area contributed by atoms with Gasteiger partial charge in [-0.3, -0.25) is 0 Å². The zero-order chi connectivity index (χ0) is 17.7. The molecule has 0 bridgehead atoms. The van der Waals surface area contributed by atoms with Crippen LogP contribution in [0.5, 0.6) is 0 Å². The molecule has 2 amide bonds. The smallest absolute Gasteiger partial charge is 0.318 e. The fourth-order valence-corrected chi connectivity index (χ4v) is 3.18. The van der Waals surface area contributed by atoms with Crippen molar-refractivity contribution in [2.24, 2.45) is 0 Å². The van der Waals surface area contributed by atoms with Crippen LogP contribution in [-0.2, 0) is 6.54 Å². The van der Waals surface area contributed by atoms with Crippen LogP contribution in [0.3, 0.4) is 0 Å². The molecule has 0 aliphatic heterocycles. The van der Waals surface area contributed by atoms with Crippen LogP contribution in [0.4, 0.5) is 4.79 Å². The van der Waals surface area contributed by atoms with Gasteiger partial charge in [0.05, 0.1) is 18.2 Å². The summed E-state index contributed by atoms with van der Waals surface area (Å²) in [5.41, 5.74) is 1.01. The van der Waals surface area contributed by atoms with E-state index >= 15 is 0 Å². The maximum Gasteiger partial charge on any atom is 0.318 e. The van der Waals surface area contributed by atoms with Gasteiger partial charge in [-0.25, -0.2) is 9.78 Å². The van der Waals surface area contributed by atoms with Crippen LogP contribution in [0.15, 0.2) is 35.7 Å². The molecule has 1 atom stereocenters. The van der Waals surface area contributed by atoms with Gasteiger partial charge in [0.15, 0.2) is 0 Å². The van der Waals surface area contributed by atoms with Gasteiger partial charge in [-0.05, 0) is 33.3 Å². The van der Waals surface area contributed by atoms with E-state index in [2.05, 4.69) is 10.3 Å². The molecule has 130 valence electrons. The van der Waals surface area contributed by atoms with Crippen molar-refractivity contribution in [1.29, 1.82) is 0 Å². The molecule has 0 aliphatic rings. The molecule has 0 unspecified atom stereocenters. The van der Waals surface area contributed by atoms with Gasteiger partial charge >= 0.3 is 6.03 Å². The van der Waals surface area contributed by atoms with Crippen LogP contribution < -0.4 is 5.32 Å². The largest absolute Gasteiger partial charge is 0.389 e. The molecule has 2 N–H and O–H groups in total. The highest BCUT2D eigenvalue weighted by molar-refractivity contribution is 7.09. The van der Waals surface area contributed by atoms with Gasteiger partial charge < -0.3 is 15.3 Å². The Bertz CT molecular complexity index is 664. The molecule has 2 rings (SSSR count). The topological polar surface area (TPSA) is 65.5 Å². The van der Waals surface area contributed by atoms with E-state index in [4.69, 9.17) is 0 Å². The Morgan fingerprint density at radius 2 is 2.04 bits per heavy atom. The number of aromatic nitrogens is 1. The Morgan fingerprint density at radius 1 is 1.38 bits per heavy atom. The van der Waals surface area contributed by atoms with Crippen molar-refractivity contribution in [2.75, 3.05) is 6.54 Å². The summed E-state index contributed by atoms with van der Waals surface area (Å²) in [7, 11) is 0. The molecule has 1 heterocycles. The number of rotatable bonds is 6. The van der Waals surface area contributed by atoms with Gasteiger partial charge in [-0.15, -0.1) is 11.3 Å². The maximum atomic E-state index is 12.7. The number of carbonyl (C=O) groups excluding carboxylic acids is 1. The predicted octanol–water partition coefficient (Wildman–Crippen LogP) is 3.50. The zero-order valence-corrected chi connectivity index (χ0v) is 15.4. The Hall–Kier alpha value is -1.92. The Kier molecular flexibility index (Phi) is 5.96. The third-order valence-corrected chi connectivity index (χ3v) is 4.57. The number of carbonyl (C=O) groups is 1. The SMILES string of the molecule is Cc1csc([C@@H](C)NC(=O)N(Cc2ccccc2)CC(C)(C)O)n1. The number of aliphatic hydroxyl groups is 1. The van der Waals surface area contributed by atoms with Crippen molar-refractivity contribution in [3.8, 4) is 0 Å². The van der Waals surface area contributed by atoms with Crippen molar-refractivity contribution < 1.29 is 9.90 Å². The summed E-state index contributed by atoms with van der Waals surface area (Å²) in [6.07, 6.45) is 0. The summed E-state index contributed by atoms with van der Waals surface area (Å²) >= 11 is 1.53. The first-order valence-electron chi connectivity index (χ1n) is 7.98. The van der Waals surface area contributed by atoms with Gasteiger partial charge in [0.25, 0.3) is 0 Å². The van der Waals surface area contributed by atoms with Crippen LogP contribution in [0.25, 0.3) is 0 Å². The Balaban J connectivity index is 2.08. The van der Waals surface area contributed by atoms with E-state index in [1.807, 2.05) is 49.6 Å². The van der Waals surface area contributed by atoms with Crippen LogP contribution >= 0.6 is 11.3 Å². The monoisotopic (exact) mass is 347 g/mol. The fraction of sp³-hybridized carbons (Fsp3) is 0.444. The lowest BCUT2D eigenvalue weighted by molar-refractivity contribution is 0.0443. The number of aryl methyl sites for hydroxylation is 1. The lowest BCUT2D eigenvalue weighted by atomic mass is 10.1. The predicted molar refractivity (Wildman–Crippen MR) is 96.9 cm³/mol. The zero-order valence-electron chi connectivity index (χ0n) is 14.6. The third kappa shape index (κ3) is 5.62. The molecule has 0 radical (unpaired) electrons. The van der Waals surface area contributed by atoms with Crippen LogP contribution in [0.1, 0.15) is 43.1 Å². The minimum atomic E-state index is -0.965. The molecule has 24 heavy (non-hydrogen) atoms. The van der Waals surface area contributed by atoms with Crippen LogP contribution in [0, 0.1) is 6.92 Å². The second-order valence-corrected chi connectivity index (χ2v) is 7.54. The van der Waals surface area contributed by atoms with E-state index in [-0.39, 0.29) is 18.6 Å². The minimum absolute atomic E-state index is 0.170. The molecule has 1 aromatic heterocycles. The van der Waals surface area contributed by atoms with Crippen molar-refractivity contribution in [2.45, 2.75) is 45.9 Å². The first-order valence-corrected chi connectivity index (χ1v) is 8.86. The molecule has 1 aromatic carbocycles. The number of urea groups is 1. The van der Waals surface area contributed by atoms with E-state index in [9.17, 15) is 9.90 Å². The van der Waals surface area contributed by atoms with Gasteiger partial charge in [-0.2, -0.15) is 0 Å². The number of nitrogens with zero attached hydrogens (tertiary/aromatic N) is 2. The molecular weight excluding hydrogens is 322 g/mol. The Morgan fingerprint density at radius 3 is 2.58 bits per heavy atom. The number of nitrogens with one attached hydrogen (secondary N) is 1. The number of amides is 2. The summed E-state index contributed by atoms with van der Waals surface area (Å²) in [5.74, 6) is 0. The molecule has 0 saturated carbocycles. The molecule has 6 heteroatoms.